The smallest absolute Gasteiger partial charge is 0.127 e. The first-order valence-electron chi connectivity index (χ1n) is 6.15. The van der Waals surface area contributed by atoms with Crippen LogP contribution in [-0.2, 0) is 4.79 Å². The Balaban J connectivity index is 2.89. The lowest BCUT2D eigenvalue weighted by atomic mass is 9.62. The third-order valence-corrected chi connectivity index (χ3v) is 4.02. The van der Waals surface area contributed by atoms with Crippen LogP contribution in [-0.4, -0.2) is 6.29 Å². The van der Waals surface area contributed by atoms with Crippen LogP contribution in [0.2, 0.25) is 0 Å². The third kappa shape index (κ3) is 2.63. The van der Waals surface area contributed by atoms with Gasteiger partial charge in [-0.15, -0.1) is 0 Å². The molecule has 0 radical (unpaired) electrons. The topological polar surface area (TPSA) is 17.1 Å². The molecule has 0 N–H and O–H groups in total. The normalized spacial score (nSPS) is 28.2. The van der Waals surface area contributed by atoms with Crippen LogP contribution in [0.5, 0.6) is 0 Å². The first kappa shape index (κ1) is 13.2. The Morgan fingerprint density at radius 1 is 1.50 bits per heavy atom. The molecule has 1 aliphatic carbocycles. The van der Waals surface area contributed by atoms with Gasteiger partial charge in [-0.2, -0.15) is 0 Å². The van der Waals surface area contributed by atoms with Crippen LogP contribution < -0.4 is 0 Å². The van der Waals surface area contributed by atoms with E-state index in [4.69, 9.17) is 0 Å². The van der Waals surface area contributed by atoms with Crippen molar-refractivity contribution < 1.29 is 4.79 Å². The summed E-state index contributed by atoms with van der Waals surface area (Å²) < 4.78 is 0. The van der Waals surface area contributed by atoms with Gasteiger partial charge in [0.2, 0.25) is 0 Å². The summed E-state index contributed by atoms with van der Waals surface area (Å²) in [6, 6.07) is 0. The zero-order chi connectivity index (χ0) is 12.3. The van der Waals surface area contributed by atoms with Gasteiger partial charge >= 0.3 is 0 Å². The number of hydrogen-bond acceptors (Lipinski definition) is 1. The van der Waals surface area contributed by atoms with Gasteiger partial charge in [-0.05, 0) is 44.9 Å². The van der Waals surface area contributed by atoms with E-state index in [0.29, 0.717) is 5.92 Å². The van der Waals surface area contributed by atoms with Gasteiger partial charge in [0.05, 0.1) is 0 Å². The molecule has 1 rings (SSSR count). The molecule has 1 aliphatic rings. The molecule has 90 valence electrons. The van der Waals surface area contributed by atoms with Crippen LogP contribution in [0.15, 0.2) is 23.3 Å². The molecule has 2 atom stereocenters. The summed E-state index contributed by atoms with van der Waals surface area (Å²) in [4.78, 5) is 11.2. The molecule has 0 unspecified atom stereocenters. The van der Waals surface area contributed by atoms with Gasteiger partial charge in [-0.25, -0.2) is 0 Å². The molecular weight excluding hydrogens is 196 g/mol. The van der Waals surface area contributed by atoms with Crippen molar-refractivity contribution in [3.8, 4) is 0 Å². The minimum Gasteiger partial charge on any atom is -0.303 e. The van der Waals surface area contributed by atoms with Gasteiger partial charge in [-0.3, -0.25) is 0 Å². The Kier molecular flexibility index (Phi) is 4.12. The summed E-state index contributed by atoms with van der Waals surface area (Å²) in [6.45, 7) is 10.8. The van der Waals surface area contributed by atoms with Crippen LogP contribution >= 0.6 is 0 Å². The van der Waals surface area contributed by atoms with Crippen LogP contribution in [0, 0.1) is 17.3 Å². The molecule has 0 saturated heterocycles. The number of carbonyl (C=O) groups is 1. The van der Waals surface area contributed by atoms with Crippen molar-refractivity contribution in [2.45, 2.75) is 47.5 Å². The predicted octanol–water partition coefficient (Wildman–Crippen LogP) is 4.15. The molecular formula is C15H24O. The van der Waals surface area contributed by atoms with Gasteiger partial charge in [0.15, 0.2) is 0 Å². The lowest BCUT2D eigenvalue weighted by Gasteiger charge is -2.42. The van der Waals surface area contributed by atoms with E-state index >= 15 is 0 Å². The molecule has 1 heteroatoms. The number of carbonyl (C=O) groups excluding carboxylic acids is 1. The number of allylic oxidation sites excluding steroid dienone is 4. The van der Waals surface area contributed by atoms with Crippen LogP contribution in [0.3, 0.4) is 0 Å². The van der Waals surface area contributed by atoms with Crippen LogP contribution in [0.1, 0.15) is 47.5 Å². The average molecular weight is 220 g/mol. The second-order valence-corrected chi connectivity index (χ2v) is 5.83. The Morgan fingerprint density at radius 3 is 2.62 bits per heavy atom. The Bertz CT molecular complexity index is 316. The SMILES string of the molecule is CC(C)=CC[C@H]1CC=C(C)[C@@H](C=O)C1(C)C. The minimum absolute atomic E-state index is 0.0898. The minimum atomic E-state index is 0.0898. The molecule has 0 aliphatic heterocycles. The van der Waals surface area contributed by atoms with Crippen molar-refractivity contribution in [3.05, 3.63) is 23.3 Å². The molecule has 16 heavy (non-hydrogen) atoms. The standard InChI is InChI=1S/C15H24O/c1-11(2)6-8-13-9-7-12(3)14(10-16)15(13,4)5/h6-7,10,13-14H,8-9H2,1-5H3/t13-,14+/m0/s1. The maximum Gasteiger partial charge on any atom is 0.127 e. The molecule has 0 fully saturated rings. The third-order valence-electron chi connectivity index (χ3n) is 4.02. The Labute approximate surface area is 99.6 Å². The van der Waals surface area contributed by atoms with Crippen molar-refractivity contribution in [1.82, 2.24) is 0 Å². The summed E-state index contributed by atoms with van der Waals surface area (Å²) in [7, 11) is 0. The van der Waals surface area contributed by atoms with Crippen molar-refractivity contribution in [3.63, 3.8) is 0 Å². The lowest BCUT2D eigenvalue weighted by molar-refractivity contribution is -0.114. The molecule has 0 saturated carbocycles. The maximum absolute atomic E-state index is 11.2. The quantitative estimate of drug-likeness (QED) is 0.516. The zero-order valence-electron chi connectivity index (χ0n) is 11.2. The largest absolute Gasteiger partial charge is 0.303 e. The summed E-state index contributed by atoms with van der Waals surface area (Å²) in [5, 5.41) is 0. The molecule has 0 aromatic carbocycles. The van der Waals surface area contributed by atoms with E-state index in [1.54, 1.807) is 0 Å². The van der Waals surface area contributed by atoms with Gasteiger partial charge in [0.1, 0.15) is 6.29 Å². The predicted molar refractivity (Wildman–Crippen MR) is 69.2 cm³/mol. The Morgan fingerprint density at radius 2 is 2.12 bits per heavy atom. The van der Waals surface area contributed by atoms with Gasteiger partial charge in [0, 0.05) is 5.92 Å². The summed E-state index contributed by atoms with van der Waals surface area (Å²) in [5.74, 6) is 0.679. The van der Waals surface area contributed by atoms with E-state index in [9.17, 15) is 4.79 Å². The molecule has 0 heterocycles. The highest BCUT2D eigenvalue weighted by atomic mass is 16.1. The van der Waals surface area contributed by atoms with Crippen LogP contribution in [0.25, 0.3) is 0 Å². The van der Waals surface area contributed by atoms with E-state index in [-0.39, 0.29) is 11.3 Å². The van der Waals surface area contributed by atoms with E-state index in [1.807, 2.05) is 0 Å². The fourth-order valence-electron chi connectivity index (χ4n) is 2.66. The van der Waals surface area contributed by atoms with Crippen molar-refractivity contribution in [2.24, 2.45) is 17.3 Å². The van der Waals surface area contributed by atoms with E-state index in [1.165, 1.54) is 11.1 Å². The monoisotopic (exact) mass is 220 g/mol. The molecule has 0 bridgehead atoms. The molecule has 0 aromatic rings. The van der Waals surface area contributed by atoms with Crippen molar-refractivity contribution in [1.29, 1.82) is 0 Å². The van der Waals surface area contributed by atoms with Gasteiger partial charge in [0.25, 0.3) is 0 Å². The summed E-state index contributed by atoms with van der Waals surface area (Å²) in [6.07, 6.45) is 7.85. The van der Waals surface area contributed by atoms with Gasteiger partial charge in [-0.1, -0.05) is 37.1 Å². The van der Waals surface area contributed by atoms with Crippen molar-refractivity contribution in [2.75, 3.05) is 0 Å². The number of hydrogen-bond donors (Lipinski definition) is 0. The maximum atomic E-state index is 11.2. The Hall–Kier alpha value is -0.850. The molecule has 1 nitrogen and oxygen atoms in total. The van der Waals surface area contributed by atoms with E-state index in [0.717, 1.165) is 19.1 Å². The fraction of sp³-hybridized carbons (Fsp3) is 0.667. The van der Waals surface area contributed by atoms with Crippen molar-refractivity contribution >= 4 is 6.29 Å². The average Bonchev–Trinajstić information content (AvgIpc) is 2.15. The highest BCUT2D eigenvalue weighted by molar-refractivity contribution is 5.60. The highest BCUT2D eigenvalue weighted by Crippen LogP contribution is 2.45. The molecule has 0 aromatic heterocycles. The molecule has 0 spiro atoms. The molecule has 0 amide bonds. The van der Waals surface area contributed by atoms with E-state index in [2.05, 4.69) is 46.8 Å². The first-order chi connectivity index (χ1) is 7.39. The van der Waals surface area contributed by atoms with Gasteiger partial charge < -0.3 is 4.79 Å². The first-order valence-corrected chi connectivity index (χ1v) is 6.15. The summed E-state index contributed by atoms with van der Waals surface area (Å²) >= 11 is 0. The van der Waals surface area contributed by atoms with E-state index < -0.39 is 0 Å². The zero-order valence-corrected chi connectivity index (χ0v) is 11.2. The van der Waals surface area contributed by atoms with Crippen LogP contribution in [0.4, 0.5) is 0 Å². The highest BCUT2D eigenvalue weighted by Gasteiger charge is 2.39. The lowest BCUT2D eigenvalue weighted by Crippen LogP contribution is -2.36. The number of aldehydes is 1. The second kappa shape index (κ2) is 4.99. The number of rotatable bonds is 3. The summed E-state index contributed by atoms with van der Waals surface area (Å²) in [5.41, 5.74) is 2.70. The fourth-order valence-corrected chi connectivity index (χ4v) is 2.66. The second-order valence-electron chi connectivity index (χ2n) is 5.83.